The monoisotopic (exact) mass is 212 g/mol. The quantitative estimate of drug-likeness (QED) is 0.771. The van der Waals surface area contributed by atoms with E-state index >= 15 is 0 Å². The van der Waals surface area contributed by atoms with Gasteiger partial charge in [-0.2, -0.15) is 0 Å². The molecule has 0 saturated carbocycles. The van der Waals surface area contributed by atoms with E-state index in [4.69, 9.17) is 0 Å². The minimum Gasteiger partial charge on any atom is -0.339 e. The van der Waals surface area contributed by atoms with Crippen molar-refractivity contribution in [3.05, 3.63) is 0 Å². The number of piperazine rings is 1. The zero-order valence-corrected chi connectivity index (χ0v) is 10.4. The highest BCUT2D eigenvalue weighted by Gasteiger charge is 2.27. The van der Waals surface area contributed by atoms with Crippen LogP contribution in [0.5, 0.6) is 0 Å². The zero-order chi connectivity index (χ0) is 11.4. The van der Waals surface area contributed by atoms with Gasteiger partial charge in [0, 0.05) is 31.1 Å². The van der Waals surface area contributed by atoms with E-state index in [1.54, 1.807) is 0 Å². The molecule has 0 spiro atoms. The van der Waals surface area contributed by atoms with Gasteiger partial charge in [0.1, 0.15) is 0 Å². The number of rotatable bonds is 3. The maximum absolute atomic E-state index is 12.1. The molecule has 0 aliphatic carbocycles. The largest absolute Gasteiger partial charge is 0.339 e. The summed E-state index contributed by atoms with van der Waals surface area (Å²) < 4.78 is 0. The van der Waals surface area contributed by atoms with Crippen LogP contribution >= 0.6 is 0 Å². The molecule has 2 unspecified atom stereocenters. The molecule has 1 aliphatic rings. The average molecular weight is 212 g/mol. The highest BCUT2D eigenvalue weighted by molar-refractivity contribution is 5.79. The van der Waals surface area contributed by atoms with Crippen molar-refractivity contribution < 1.29 is 4.79 Å². The van der Waals surface area contributed by atoms with Gasteiger partial charge in [0.2, 0.25) is 5.91 Å². The van der Waals surface area contributed by atoms with Crippen LogP contribution in [-0.2, 0) is 4.79 Å². The van der Waals surface area contributed by atoms with Crippen LogP contribution in [0.1, 0.15) is 40.5 Å². The summed E-state index contributed by atoms with van der Waals surface area (Å²) in [6, 6.07) is 0.846. The molecule has 0 aromatic carbocycles. The Hall–Kier alpha value is -0.570. The predicted octanol–water partition coefficient (Wildman–Crippen LogP) is 1.63. The van der Waals surface area contributed by atoms with Gasteiger partial charge in [0.25, 0.3) is 0 Å². The van der Waals surface area contributed by atoms with Gasteiger partial charge < -0.3 is 10.2 Å². The van der Waals surface area contributed by atoms with Crippen molar-refractivity contribution in [2.24, 2.45) is 5.92 Å². The number of carbonyl (C=O) groups excluding carboxylic acids is 1. The first kappa shape index (κ1) is 12.5. The lowest BCUT2D eigenvalue weighted by Crippen LogP contribution is -2.56. The number of amides is 1. The van der Waals surface area contributed by atoms with E-state index in [-0.39, 0.29) is 5.92 Å². The highest BCUT2D eigenvalue weighted by atomic mass is 16.2. The maximum Gasteiger partial charge on any atom is 0.225 e. The SMILES string of the molecule is CCC(CC)C(=O)N1CC(C)NC(C)C1. The highest BCUT2D eigenvalue weighted by Crippen LogP contribution is 2.14. The van der Waals surface area contributed by atoms with E-state index < -0.39 is 0 Å². The molecular weight excluding hydrogens is 188 g/mol. The third-order valence-corrected chi connectivity index (χ3v) is 3.20. The minimum absolute atomic E-state index is 0.225. The molecular formula is C12H24N2O. The van der Waals surface area contributed by atoms with E-state index in [0.717, 1.165) is 25.9 Å². The Morgan fingerprint density at radius 1 is 1.27 bits per heavy atom. The fraction of sp³-hybridized carbons (Fsp3) is 0.917. The van der Waals surface area contributed by atoms with Crippen molar-refractivity contribution in [3.8, 4) is 0 Å². The lowest BCUT2D eigenvalue weighted by Gasteiger charge is -2.37. The Labute approximate surface area is 93.2 Å². The summed E-state index contributed by atoms with van der Waals surface area (Å²) in [7, 11) is 0. The van der Waals surface area contributed by atoms with Crippen molar-refractivity contribution in [3.63, 3.8) is 0 Å². The molecule has 0 radical (unpaired) electrons. The predicted molar refractivity (Wildman–Crippen MR) is 62.7 cm³/mol. The molecule has 0 aromatic rings. The van der Waals surface area contributed by atoms with E-state index in [9.17, 15) is 4.79 Å². The topological polar surface area (TPSA) is 32.3 Å². The van der Waals surface area contributed by atoms with Crippen molar-refractivity contribution >= 4 is 5.91 Å². The fourth-order valence-electron chi connectivity index (χ4n) is 2.40. The third-order valence-electron chi connectivity index (χ3n) is 3.20. The summed E-state index contributed by atoms with van der Waals surface area (Å²) in [6.45, 7) is 10.2. The van der Waals surface area contributed by atoms with Crippen LogP contribution in [0.25, 0.3) is 0 Å². The first-order valence-electron chi connectivity index (χ1n) is 6.13. The molecule has 1 N–H and O–H groups in total. The second-order valence-corrected chi connectivity index (χ2v) is 4.73. The van der Waals surface area contributed by atoms with Crippen LogP contribution in [0, 0.1) is 5.92 Å². The van der Waals surface area contributed by atoms with E-state index in [1.807, 2.05) is 4.90 Å². The van der Waals surface area contributed by atoms with Gasteiger partial charge in [-0.05, 0) is 26.7 Å². The van der Waals surface area contributed by atoms with E-state index in [1.165, 1.54) is 0 Å². The zero-order valence-electron chi connectivity index (χ0n) is 10.4. The van der Waals surface area contributed by atoms with Crippen LogP contribution in [0.3, 0.4) is 0 Å². The second kappa shape index (κ2) is 5.50. The molecule has 1 heterocycles. The smallest absolute Gasteiger partial charge is 0.225 e. The Morgan fingerprint density at radius 2 is 1.73 bits per heavy atom. The normalized spacial score (nSPS) is 27.1. The van der Waals surface area contributed by atoms with Gasteiger partial charge in [0.05, 0.1) is 0 Å². The fourth-order valence-corrected chi connectivity index (χ4v) is 2.40. The molecule has 1 amide bonds. The van der Waals surface area contributed by atoms with Crippen LogP contribution in [0.15, 0.2) is 0 Å². The van der Waals surface area contributed by atoms with Gasteiger partial charge in [-0.25, -0.2) is 0 Å². The van der Waals surface area contributed by atoms with Crippen LogP contribution in [0.4, 0.5) is 0 Å². The summed E-state index contributed by atoms with van der Waals surface area (Å²) in [4.78, 5) is 14.2. The van der Waals surface area contributed by atoms with Gasteiger partial charge in [-0.1, -0.05) is 13.8 Å². The Balaban J connectivity index is 2.58. The third kappa shape index (κ3) is 3.20. The standard InChI is InChI=1S/C12H24N2O/c1-5-11(6-2)12(15)14-7-9(3)13-10(4)8-14/h9-11,13H,5-8H2,1-4H3. The second-order valence-electron chi connectivity index (χ2n) is 4.73. The molecule has 0 bridgehead atoms. The van der Waals surface area contributed by atoms with Gasteiger partial charge in [-0.15, -0.1) is 0 Å². The first-order chi connectivity index (χ1) is 7.08. The molecule has 3 heteroatoms. The molecule has 1 aliphatic heterocycles. The first-order valence-corrected chi connectivity index (χ1v) is 6.13. The van der Waals surface area contributed by atoms with Gasteiger partial charge in [-0.3, -0.25) is 4.79 Å². The number of nitrogens with zero attached hydrogens (tertiary/aromatic N) is 1. The lowest BCUT2D eigenvalue weighted by atomic mass is 10.00. The van der Waals surface area contributed by atoms with E-state index in [2.05, 4.69) is 33.0 Å². The Kier molecular flexibility index (Phi) is 4.58. The van der Waals surface area contributed by atoms with Gasteiger partial charge >= 0.3 is 0 Å². The molecule has 1 fully saturated rings. The summed E-state index contributed by atoms with van der Waals surface area (Å²) in [5.74, 6) is 0.572. The van der Waals surface area contributed by atoms with Crippen molar-refractivity contribution in [2.45, 2.75) is 52.6 Å². The Bertz CT molecular complexity index is 204. The molecule has 1 saturated heterocycles. The van der Waals surface area contributed by atoms with Gasteiger partial charge in [0.15, 0.2) is 0 Å². The molecule has 0 aromatic heterocycles. The molecule has 15 heavy (non-hydrogen) atoms. The lowest BCUT2D eigenvalue weighted by molar-refractivity contribution is -0.137. The van der Waals surface area contributed by atoms with Crippen molar-refractivity contribution in [2.75, 3.05) is 13.1 Å². The van der Waals surface area contributed by atoms with Crippen molar-refractivity contribution in [1.29, 1.82) is 0 Å². The number of nitrogens with one attached hydrogen (secondary N) is 1. The summed E-state index contributed by atoms with van der Waals surface area (Å²) in [5.41, 5.74) is 0. The molecule has 1 rings (SSSR count). The molecule has 3 nitrogen and oxygen atoms in total. The minimum atomic E-state index is 0.225. The van der Waals surface area contributed by atoms with Crippen LogP contribution in [0.2, 0.25) is 0 Å². The number of carbonyl (C=O) groups is 1. The van der Waals surface area contributed by atoms with Crippen LogP contribution in [-0.4, -0.2) is 36.0 Å². The van der Waals surface area contributed by atoms with E-state index in [0.29, 0.717) is 18.0 Å². The van der Waals surface area contributed by atoms with Crippen LogP contribution < -0.4 is 5.32 Å². The van der Waals surface area contributed by atoms with Crippen molar-refractivity contribution in [1.82, 2.24) is 10.2 Å². The average Bonchev–Trinajstić information content (AvgIpc) is 2.18. The summed E-state index contributed by atoms with van der Waals surface area (Å²) in [5, 5.41) is 3.45. The molecule has 2 atom stereocenters. The summed E-state index contributed by atoms with van der Waals surface area (Å²) >= 11 is 0. The number of hydrogen-bond acceptors (Lipinski definition) is 2. The number of hydrogen-bond donors (Lipinski definition) is 1. The molecule has 88 valence electrons. The maximum atomic E-state index is 12.1. The Morgan fingerprint density at radius 3 is 2.13 bits per heavy atom. The summed E-state index contributed by atoms with van der Waals surface area (Å²) in [6.07, 6.45) is 1.92.